The number of anilines is 1. The van der Waals surface area contributed by atoms with Crippen molar-refractivity contribution in [2.24, 2.45) is 0 Å². The number of para-hydroxylation sites is 2. The van der Waals surface area contributed by atoms with Crippen molar-refractivity contribution < 1.29 is 18.7 Å². The summed E-state index contributed by atoms with van der Waals surface area (Å²) >= 11 is 6.27. The molecule has 0 bridgehead atoms. The Balaban J connectivity index is 1.38. The number of halogens is 1. The van der Waals surface area contributed by atoms with Crippen LogP contribution in [0.5, 0.6) is 11.5 Å². The molecule has 34 heavy (non-hydrogen) atoms. The number of carbonyl (C=O) groups excluding carboxylic acids is 1. The molecule has 6 nitrogen and oxygen atoms in total. The van der Waals surface area contributed by atoms with Crippen LogP contribution >= 0.6 is 11.6 Å². The van der Waals surface area contributed by atoms with Crippen LogP contribution in [0.3, 0.4) is 0 Å². The van der Waals surface area contributed by atoms with E-state index in [1.807, 2.05) is 54.6 Å². The van der Waals surface area contributed by atoms with Gasteiger partial charge in [-0.2, -0.15) is 0 Å². The number of ether oxygens (including phenoxy) is 2. The van der Waals surface area contributed by atoms with Crippen molar-refractivity contribution in [2.75, 3.05) is 5.32 Å². The highest BCUT2D eigenvalue weighted by Gasteiger charge is 2.23. The summed E-state index contributed by atoms with van der Waals surface area (Å²) in [4.78, 5) is 17.6. The van der Waals surface area contributed by atoms with Gasteiger partial charge in [-0.05, 0) is 54.6 Å². The number of hydrogen-bond donors (Lipinski definition) is 1. The van der Waals surface area contributed by atoms with E-state index in [2.05, 4.69) is 10.3 Å². The van der Waals surface area contributed by atoms with Gasteiger partial charge in [0, 0.05) is 5.69 Å². The molecule has 0 aliphatic carbocycles. The lowest BCUT2D eigenvalue weighted by Crippen LogP contribution is -2.38. The molecule has 0 saturated heterocycles. The molecule has 1 aromatic heterocycles. The molecule has 4 aromatic carbocycles. The third-order valence-corrected chi connectivity index (χ3v) is 5.28. The number of nitrogens with one attached hydrogen (secondary N) is 1. The topological polar surface area (TPSA) is 73.6 Å². The number of amides is 1. The molecule has 1 N–H and O–H groups in total. The van der Waals surface area contributed by atoms with E-state index in [0.29, 0.717) is 44.8 Å². The maximum Gasteiger partial charge on any atom is 0.321 e. The zero-order valence-corrected chi connectivity index (χ0v) is 18.6. The van der Waals surface area contributed by atoms with Crippen LogP contribution in [-0.4, -0.2) is 17.2 Å². The van der Waals surface area contributed by atoms with Crippen molar-refractivity contribution in [1.82, 2.24) is 4.98 Å². The SMILES string of the molecule is O=C(Nc1ccc2oc(-c3ccccc3Cl)nc2c1)C(Oc1ccccc1)Oc1ccccc1. The molecule has 0 atom stereocenters. The summed E-state index contributed by atoms with van der Waals surface area (Å²) in [7, 11) is 0. The van der Waals surface area contributed by atoms with Crippen LogP contribution in [0.4, 0.5) is 5.69 Å². The van der Waals surface area contributed by atoms with Crippen LogP contribution in [0.2, 0.25) is 5.02 Å². The molecule has 1 amide bonds. The number of oxazole rings is 1. The molecule has 5 aromatic rings. The normalized spacial score (nSPS) is 10.9. The second kappa shape index (κ2) is 9.68. The molecule has 0 aliphatic heterocycles. The van der Waals surface area contributed by atoms with Gasteiger partial charge in [-0.15, -0.1) is 0 Å². The van der Waals surface area contributed by atoms with Gasteiger partial charge in [0.1, 0.15) is 17.0 Å². The van der Waals surface area contributed by atoms with Gasteiger partial charge < -0.3 is 19.2 Å². The van der Waals surface area contributed by atoms with Crippen LogP contribution in [0.1, 0.15) is 0 Å². The highest BCUT2D eigenvalue weighted by atomic mass is 35.5. The molecule has 0 aliphatic rings. The molecule has 5 rings (SSSR count). The van der Waals surface area contributed by atoms with Crippen molar-refractivity contribution in [3.8, 4) is 23.0 Å². The quantitative estimate of drug-likeness (QED) is 0.272. The van der Waals surface area contributed by atoms with Gasteiger partial charge in [0.05, 0.1) is 10.6 Å². The molecule has 0 spiro atoms. The monoisotopic (exact) mass is 470 g/mol. The second-order valence-corrected chi connectivity index (χ2v) is 7.77. The van der Waals surface area contributed by atoms with E-state index in [1.54, 1.807) is 48.5 Å². The summed E-state index contributed by atoms with van der Waals surface area (Å²) in [5, 5.41) is 3.38. The van der Waals surface area contributed by atoms with E-state index in [1.165, 1.54) is 0 Å². The summed E-state index contributed by atoms with van der Waals surface area (Å²) in [6.07, 6.45) is -1.21. The third-order valence-electron chi connectivity index (χ3n) is 4.95. The van der Waals surface area contributed by atoms with Crippen LogP contribution in [-0.2, 0) is 4.79 Å². The fourth-order valence-corrected chi connectivity index (χ4v) is 3.55. The van der Waals surface area contributed by atoms with Crippen molar-refractivity contribution in [3.05, 3.63) is 108 Å². The van der Waals surface area contributed by atoms with Crippen molar-refractivity contribution in [1.29, 1.82) is 0 Å². The Morgan fingerprint density at radius 3 is 2.09 bits per heavy atom. The lowest BCUT2D eigenvalue weighted by Gasteiger charge is -2.20. The molecule has 7 heteroatoms. The maximum atomic E-state index is 13.1. The first-order chi connectivity index (χ1) is 16.7. The van der Waals surface area contributed by atoms with Gasteiger partial charge >= 0.3 is 12.2 Å². The number of fused-ring (bicyclic) bond motifs is 1. The average Bonchev–Trinajstić information content (AvgIpc) is 3.28. The molecule has 168 valence electrons. The number of carbonyl (C=O) groups is 1. The Morgan fingerprint density at radius 1 is 0.824 bits per heavy atom. The van der Waals surface area contributed by atoms with Gasteiger partial charge in [0.15, 0.2) is 5.58 Å². The van der Waals surface area contributed by atoms with Gasteiger partial charge in [0.25, 0.3) is 0 Å². The number of rotatable bonds is 7. The lowest BCUT2D eigenvalue weighted by molar-refractivity contribution is -0.134. The second-order valence-electron chi connectivity index (χ2n) is 7.36. The number of hydrogen-bond acceptors (Lipinski definition) is 5. The smallest absolute Gasteiger partial charge is 0.321 e. The van der Waals surface area contributed by atoms with Gasteiger partial charge in [-0.25, -0.2) is 4.98 Å². The van der Waals surface area contributed by atoms with Crippen molar-refractivity contribution in [2.45, 2.75) is 6.29 Å². The van der Waals surface area contributed by atoms with Gasteiger partial charge in [-0.1, -0.05) is 60.1 Å². The minimum absolute atomic E-state index is 0.404. The zero-order chi connectivity index (χ0) is 23.3. The molecule has 0 unspecified atom stereocenters. The first-order valence-electron chi connectivity index (χ1n) is 10.6. The highest BCUT2D eigenvalue weighted by Crippen LogP contribution is 2.30. The van der Waals surface area contributed by atoms with E-state index >= 15 is 0 Å². The standard InChI is InChI=1S/C27H19ClN2O4/c28-22-14-8-7-13-21(22)26-30-23-17-18(15-16-24(23)34-26)29-25(31)27(32-19-9-3-1-4-10-19)33-20-11-5-2-6-12-20/h1-17,27H,(H,29,31). The van der Waals surface area contributed by atoms with Crippen molar-refractivity contribution >= 4 is 34.3 Å². The Bertz CT molecular complexity index is 1380. The van der Waals surface area contributed by atoms with Crippen LogP contribution in [0, 0.1) is 0 Å². The Labute approximate surface area is 200 Å². The lowest BCUT2D eigenvalue weighted by atomic mass is 10.2. The number of aromatic nitrogens is 1. The van der Waals surface area contributed by atoms with Crippen LogP contribution < -0.4 is 14.8 Å². The largest absolute Gasteiger partial charge is 0.446 e. The first-order valence-corrected chi connectivity index (χ1v) is 10.9. The summed E-state index contributed by atoms with van der Waals surface area (Å²) in [5.74, 6) is 0.952. The summed E-state index contributed by atoms with van der Waals surface area (Å²) in [6, 6.07) is 30.5. The van der Waals surface area contributed by atoms with Gasteiger partial charge in [-0.3, -0.25) is 4.79 Å². The summed E-state index contributed by atoms with van der Waals surface area (Å²) in [5.41, 5.74) is 2.37. The highest BCUT2D eigenvalue weighted by molar-refractivity contribution is 6.33. The maximum absolute atomic E-state index is 13.1. The van der Waals surface area contributed by atoms with Gasteiger partial charge in [0.2, 0.25) is 5.89 Å². The predicted molar refractivity (Wildman–Crippen MR) is 131 cm³/mol. The van der Waals surface area contributed by atoms with Crippen LogP contribution in [0.15, 0.2) is 108 Å². The molecule has 0 saturated carbocycles. The van der Waals surface area contributed by atoms with E-state index in [9.17, 15) is 4.79 Å². The minimum Gasteiger partial charge on any atom is -0.446 e. The zero-order valence-electron chi connectivity index (χ0n) is 17.9. The van der Waals surface area contributed by atoms with E-state index in [4.69, 9.17) is 25.5 Å². The Hall–Kier alpha value is -4.29. The summed E-state index contributed by atoms with van der Waals surface area (Å²) < 4.78 is 17.5. The molecule has 0 radical (unpaired) electrons. The Kier molecular flexibility index (Phi) is 6.14. The predicted octanol–water partition coefficient (Wildman–Crippen LogP) is 6.57. The molecule has 1 heterocycles. The fraction of sp³-hybridized carbons (Fsp3) is 0.0370. The fourth-order valence-electron chi connectivity index (χ4n) is 3.33. The first kappa shape index (κ1) is 21.6. The van der Waals surface area contributed by atoms with Crippen LogP contribution in [0.25, 0.3) is 22.6 Å². The molecule has 0 fully saturated rings. The number of benzene rings is 4. The van der Waals surface area contributed by atoms with E-state index in [-0.39, 0.29) is 0 Å². The minimum atomic E-state index is -1.21. The average molecular weight is 471 g/mol. The Morgan fingerprint density at radius 2 is 1.44 bits per heavy atom. The molecular weight excluding hydrogens is 452 g/mol. The molecular formula is C27H19ClN2O4. The number of nitrogens with zero attached hydrogens (tertiary/aromatic N) is 1. The third kappa shape index (κ3) is 4.87. The summed E-state index contributed by atoms with van der Waals surface area (Å²) in [6.45, 7) is 0. The van der Waals surface area contributed by atoms with E-state index in [0.717, 1.165) is 0 Å². The van der Waals surface area contributed by atoms with E-state index < -0.39 is 12.2 Å². The van der Waals surface area contributed by atoms with Crippen molar-refractivity contribution in [3.63, 3.8) is 0 Å².